The highest BCUT2D eigenvalue weighted by atomic mass is 19.4. The summed E-state index contributed by atoms with van der Waals surface area (Å²) in [5.74, 6) is 0.376. The van der Waals surface area contributed by atoms with Crippen molar-refractivity contribution in [1.29, 1.82) is 0 Å². The van der Waals surface area contributed by atoms with E-state index >= 15 is 0 Å². The van der Waals surface area contributed by atoms with E-state index in [0.29, 0.717) is 12.2 Å². The highest BCUT2D eigenvalue weighted by Crippen LogP contribution is 2.30. The van der Waals surface area contributed by atoms with Crippen molar-refractivity contribution in [2.75, 3.05) is 11.9 Å². The Hall–Kier alpha value is -1.30. The minimum absolute atomic E-state index is 0.00950. The van der Waals surface area contributed by atoms with Gasteiger partial charge in [-0.15, -0.1) is 0 Å². The smallest absolute Gasteiger partial charge is 0.396 e. The van der Waals surface area contributed by atoms with Crippen molar-refractivity contribution in [2.24, 2.45) is 5.41 Å². The lowest BCUT2D eigenvalue weighted by Gasteiger charge is -2.31. The second kappa shape index (κ2) is 5.77. The first kappa shape index (κ1) is 15.8. The Labute approximate surface area is 110 Å². The Balaban J connectivity index is 2.81. The Kier molecular flexibility index (Phi) is 4.79. The maximum absolute atomic E-state index is 12.4. The summed E-state index contributed by atoms with van der Waals surface area (Å²) in [7, 11) is 0. The second-order valence-electron chi connectivity index (χ2n) is 5.51. The van der Waals surface area contributed by atoms with Gasteiger partial charge < -0.3 is 10.4 Å². The highest BCUT2D eigenvalue weighted by Gasteiger charge is 2.31. The number of halogens is 3. The summed E-state index contributed by atoms with van der Waals surface area (Å²) in [4.78, 5) is 3.77. The number of hydrogen-bond donors (Lipinski definition) is 2. The first-order valence-electron chi connectivity index (χ1n) is 6.05. The van der Waals surface area contributed by atoms with Crippen molar-refractivity contribution >= 4 is 5.82 Å². The zero-order chi connectivity index (χ0) is 14.7. The van der Waals surface area contributed by atoms with Crippen LogP contribution < -0.4 is 5.32 Å². The van der Waals surface area contributed by atoms with E-state index in [4.69, 9.17) is 5.11 Å². The molecule has 19 heavy (non-hydrogen) atoms. The topological polar surface area (TPSA) is 45.1 Å². The fraction of sp³-hybridized carbons (Fsp3) is 0.615. The fourth-order valence-electron chi connectivity index (χ4n) is 1.68. The van der Waals surface area contributed by atoms with Crippen LogP contribution in [0.25, 0.3) is 0 Å². The molecule has 0 saturated heterocycles. The summed E-state index contributed by atoms with van der Waals surface area (Å²) in [6.45, 7) is 5.98. The van der Waals surface area contributed by atoms with Gasteiger partial charge in [-0.2, -0.15) is 13.2 Å². The number of anilines is 1. The van der Waals surface area contributed by atoms with Crippen LogP contribution in [0.1, 0.15) is 32.8 Å². The van der Waals surface area contributed by atoms with Gasteiger partial charge >= 0.3 is 6.18 Å². The molecule has 1 heterocycles. The molecule has 0 saturated carbocycles. The predicted octanol–water partition coefficient (Wildman–Crippen LogP) is 3.31. The number of aromatic nitrogens is 1. The van der Waals surface area contributed by atoms with Crippen molar-refractivity contribution < 1.29 is 18.3 Å². The van der Waals surface area contributed by atoms with Crippen molar-refractivity contribution in [3.8, 4) is 0 Å². The van der Waals surface area contributed by atoms with E-state index < -0.39 is 11.7 Å². The minimum Gasteiger partial charge on any atom is -0.396 e. The molecule has 1 aromatic rings. The maximum Gasteiger partial charge on any atom is 0.417 e. The molecular weight excluding hydrogens is 257 g/mol. The molecule has 1 rings (SSSR count). The van der Waals surface area contributed by atoms with Gasteiger partial charge in [0.1, 0.15) is 5.82 Å². The molecular formula is C13H19F3N2O. The number of hydrogen-bond acceptors (Lipinski definition) is 3. The summed E-state index contributed by atoms with van der Waals surface area (Å²) in [6.07, 6.45) is -3.06. The molecule has 108 valence electrons. The molecule has 0 aromatic carbocycles. The van der Waals surface area contributed by atoms with Crippen LogP contribution in [-0.4, -0.2) is 22.7 Å². The second-order valence-corrected chi connectivity index (χ2v) is 5.51. The SMILES string of the molecule is CC(C)(C)C(CCO)Nc1ccc(C(F)(F)F)cn1. The highest BCUT2D eigenvalue weighted by molar-refractivity contribution is 5.37. The molecule has 0 aliphatic rings. The van der Waals surface area contributed by atoms with E-state index in [1.807, 2.05) is 20.8 Å². The first-order chi connectivity index (χ1) is 8.64. The number of nitrogens with one attached hydrogen (secondary N) is 1. The molecule has 2 N–H and O–H groups in total. The molecule has 0 bridgehead atoms. The van der Waals surface area contributed by atoms with Gasteiger partial charge in [0.05, 0.1) is 5.56 Å². The third kappa shape index (κ3) is 4.70. The average Bonchev–Trinajstić information content (AvgIpc) is 2.26. The van der Waals surface area contributed by atoms with Gasteiger partial charge in [-0.05, 0) is 24.0 Å². The lowest BCUT2D eigenvalue weighted by atomic mass is 9.85. The third-order valence-corrected chi connectivity index (χ3v) is 2.88. The van der Waals surface area contributed by atoms with E-state index in [9.17, 15) is 13.2 Å². The van der Waals surface area contributed by atoms with Crippen molar-refractivity contribution in [2.45, 2.75) is 39.4 Å². The van der Waals surface area contributed by atoms with Crippen LogP contribution in [0.2, 0.25) is 0 Å². The van der Waals surface area contributed by atoms with E-state index in [1.54, 1.807) is 0 Å². The Bertz CT molecular complexity index is 396. The maximum atomic E-state index is 12.4. The van der Waals surface area contributed by atoms with Gasteiger partial charge in [0, 0.05) is 18.8 Å². The normalized spacial score (nSPS) is 14.3. The van der Waals surface area contributed by atoms with Crippen LogP contribution >= 0.6 is 0 Å². The molecule has 0 aliphatic carbocycles. The van der Waals surface area contributed by atoms with E-state index in [0.717, 1.165) is 12.3 Å². The number of aliphatic hydroxyl groups excluding tert-OH is 1. The summed E-state index contributed by atoms with van der Waals surface area (Å²) < 4.78 is 37.2. The van der Waals surface area contributed by atoms with E-state index in [2.05, 4.69) is 10.3 Å². The zero-order valence-corrected chi connectivity index (χ0v) is 11.3. The quantitative estimate of drug-likeness (QED) is 0.886. The minimum atomic E-state index is -4.37. The van der Waals surface area contributed by atoms with Crippen LogP contribution in [0.3, 0.4) is 0 Å². The molecule has 6 heteroatoms. The molecule has 0 fully saturated rings. The van der Waals surface area contributed by atoms with Gasteiger partial charge in [0.15, 0.2) is 0 Å². The molecule has 3 nitrogen and oxygen atoms in total. The molecule has 1 unspecified atom stereocenters. The van der Waals surface area contributed by atoms with Gasteiger partial charge in [0.2, 0.25) is 0 Å². The summed E-state index contributed by atoms with van der Waals surface area (Å²) in [6, 6.07) is 2.23. The molecule has 1 aromatic heterocycles. The Morgan fingerprint density at radius 1 is 1.26 bits per heavy atom. The van der Waals surface area contributed by atoms with Gasteiger partial charge in [-0.1, -0.05) is 20.8 Å². The molecule has 1 atom stereocenters. The monoisotopic (exact) mass is 276 g/mol. The van der Waals surface area contributed by atoms with Gasteiger partial charge in [-0.3, -0.25) is 0 Å². The lowest BCUT2D eigenvalue weighted by molar-refractivity contribution is -0.137. The third-order valence-electron chi connectivity index (χ3n) is 2.88. The predicted molar refractivity (Wildman–Crippen MR) is 67.8 cm³/mol. The van der Waals surface area contributed by atoms with Crippen LogP contribution in [0, 0.1) is 5.41 Å². The lowest BCUT2D eigenvalue weighted by Crippen LogP contribution is -2.35. The number of nitrogens with zero attached hydrogens (tertiary/aromatic N) is 1. The summed E-state index contributed by atoms with van der Waals surface area (Å²) >= 11 is 0. The molecule has 0 radical (unpaired) electrons. The van der Waals surface area contributed by atoms with Crippen molar-refractivity contribution in [3.05, 3.63) is 23.9 Å². The molecule has 0 aliphatic heterocycles. The van der Waals surface area contributed by atoms with Gasteiger partial charge in [0.25, 0.3) is 0 Å². The number of aliphatic hydroxyl groups is 1. The average molecular weight is 276 g/mol. The molecule has 0 spiro atoms. The molecule has 0 amide bonds. The number of rotatable bonds is 4. The van der Waals surface area contributed by atoms with Crippen molar-refractivity contribution in [3.63, 3.8) is 0 Å². The van der Waals surface area contributed by atoms with E-state index in [-0.39, 0.29) is 18.1 Å². The van der Waals surface area contributed by atoms with Gasteiger partial charge in [-0.25, -0.2) is 4.98 Å². The van der Waals surface area contributed by atoms with Crippen LogP contribution in [-0.2, 0) is 6.18 Å². The Morgan fingerprint density at radius 3 is 2.26 bits per heavy atom. The Morgan fingerprint density at radius 2 is 1.89 bits per heavy atom. The number of pyridine rings is 1. The van der Waals surface area contributed by atoms with Crippen LogP contribution in [0.15, 0.2) is 18.3 Å². The number of alkyl halides is 3. The standard InChI is InChI=1S/C13H19F3N2O/c1-12(2,3)10(6-7-19)18-11-5-4-9(8-17-11)13(14,15)16/h4-5,8,10,19H,6-7H2,1-3H3,(H,17,18). The van der Waals surface area contributed by atoms with Crippen molar-refractivity contribution in [1.82, 2.24) is 4.98 Å². The summed E-state index contributed by atoms with van der Waals surface area (Å²) in [5, 5.41) is 12.1. The van der Waals surface area contributed by atoms with E-state index in [1.165, 1.54) is 6.07 Å². The largest absolute Gasteiger partial charge is 0.417 e. The fourth-order valence-corrected chi connectivity index (χ4v) is 1.68. The summed E-state index contributed by atoms with van der Waals surface area (Å²) in [5.41, 5.74) is -0.903. The van der Waals surface area contributed by atoms with Crippen LogP contribution in [0.4, 0.5) is 19.0 Å². The zero-order valence-electron chi connectivity index (χ0n) is 11.3. The van der Waals surface area contributed by atoms with Crippen LogP contribution in [0.5, 0.6) is 0 Å². The first-order valence-corrected chi connectivity index (χ1v) is 6.05.